The highest BCUT2D eigenvalue weighted by Gasteiger charge is 2.16. The number of aromatic nitrogens is 1. The molecule has 0 radical (unpaired) electrons. The molecule has 6 heteroatoms. The van der Waals surface area contributed by atoms with E-state index in [0.29, 0.717) is 15.8 Å². The van der Waals surface area contributed by atoms with Gasteiger partial charge in [0, 0.05) is 5.56 Å². The molecule has 0 bridgehead atoms. The number of pyridine rings is 1. The lowest BCUT2D eigenvalue weighted by Crippen LogP contribution is -2.38. The van der Waals surface area contributed by atoms with Crippen LogP contribution in [0.4, 0.5) is 0 Å². The summed E-state index contributed by atoms with van der Waals surface area (Å²) in [6.45, 7) is 0.0485. The summed E-state index contributed by atoms with van der Waals surface area (Å²) in [6, 6.07) is 8.32. The zero-order chi connectivity index (χ0) is 15.4. The van der Waals surface area contributed by atoms with Gasteiger partial charge < -0.3 is 9.84 Å². The average Bonchev–Trinajstić information content (AvgIpc) is 2.46. The highest BCUT2D eigenvalue weighted by atomic mass is 79.9. The number of carbonyl (C=O) groups excluding carboxylic acids is 1. The molecule has 108 valence electrons. The van der Waals surface area contributed by atoms with Gasteiger partial charge in [-0.25, -0.2) is 4.79 Å². The Morgan fingerprint density at radius 1 is 1.24 bits per heavy atom. The van der Waals surface area contributed by atoms with Gasteiger partial charge in [-0.05, 0) is 34.1 Å². The summed E-state index contributed by atoms with van der Waals surface area (Å²) in [4.78, 5) is 23.2. The number of hydrogen-bond acceptors (Lipinski definition) is 3. The maximum absolute atomic E-state index is 12.2. The van der Waals surface area contributed by atoms with Crippen LogP contribution in [0.15, 0.2) is 47.2 Å². The highest BCUT2D eigenvalue weighted by molar-refractivity contribution is 9.10. The average molecular weight is 351 g/mol. The molecule has 0 fully saturated rings. The van der Waals surface area contributed by atoms with Gasteiger partial charge in [-0.15, -0.1) is 0 Å². The number of Topliss-reactive ketones (excluding diaryl/α,β-unsaturated/α-hetero) is 1. The van der Waals surface area contributed by atoms with Gasteiger partial charge in [0.15, 0.2) is 12.4 Å². The molecule has 0 aliphatic rings. The Hall–Kier alpha value is -2.21. The van der Waals surface area contributed by atoms with Crippen LogP contribution in [0.2, 0.25) is 0 Å². The second-order valence-corrected chi connectivity index (χ2v) is 5.29. The van der Waals surface area contributed by atoms with E-state index in [1.165, 1.54) is 23.9 Å². The number of carboxylic acids is 1. The number of aromatic carboxylic acids is 1. The van der Waals surface area contributed by atoms with Crippen LogP contribution >= 0.6 is 15.9 Å². The molecule has 0 saturated heterocycles. The van der Waals surface area contributed by atoms with Gasteiger partial charge in [-0.3, -0.25) is 4.79 Å². The third kappa shape index (κ3) is 3.88. The number of methoxy groups -OCH3 is 1. The molecule has 0 spiro atoms. The number of benzene rings is 1. The van der Waals surface area contributed by atoms with E-state index in [9.17, 15) is 9.59 Å². The van der Waals surface area contributed by atoms with E-state index in [1.54, 1.807) is 30.5 Å². The zero-order valence-electron chi connectivity index (χ0n) is 11.2. The third-order valence-corrected chi connectivity index (χ3v) is 3.29. The Kier molecular flexibility index (Phi) is 4.70. The molecule has 1 heterocycles. The van der Waals surface area contributed by atoms with Crippen molar-refractivity contribution in [1.82, 2.24) is 0 Å². The van der Waals surface area contributed by atoms with Gasteiger partial charge in [-0.2, -0.15) is 4.57 Å². The van der Waals surface area contributed by atoms with Crippen LogP contribution in [0.25, 0.3) is 0 Å². The summed E-state index contributed by atoms with van der Waals surface area (Å²) in [5.41, 5.74) is 0.626. The lowest BCUT2D eigenvalue weighted by molar-refractivity contribution is -0.683. The summed E-state index contributed by atoms with van der Waals surface area (Å²) in [6.07, 6.45) is 3.08. The number of hydrogen-bond donors (Lipinski definition) is 1. The smallest absolute Gasteiger partial charge is 0.341 e. The van der Waals surface area contributed by atoms with E-state index < -0.39 is 5.97 Å². The minimum absolute atomic E-state index is 0.0485. The topological polar surface area (TPSA) is 67.5 Å². The van der Waals surface area contributed by atoms with E-state index in [4.69, 9.17) is 9.84 Å². The number of ketones is 1. The van der Waals surface area contributed by atoms with Crippen LogP contribution in [-0.2, 0) is 6.54 Å². The van der Waals surface area contributed by atoms with E-state index in [-0.39, 0.29) is 17.9 Å². The molecule has 21 heavy (non-hydrogen) atoms. The highest BCUT2D eigenvalue weighted by Crippen LogP contribution is 2.13. The molecule has 2 rings (SSSR count). The molecular weight excluding hydrogens is 338 g/mol. The number of carboxylic acid groups (broad SMARTS) is 1. The van der Waals surface area contributed by atoms with Crippen molar-refractivity contribution in [2.75, 3.05) is 7.11 Å². The molecule has 0 atom stereocenters. The van der Waals surface area contributed by atoms with E-state index >= 15 is 0 Å². The first-order valence-corrected chi connectivity index (χ1v) is 6.89. The lowest BCUT2D eigenvalue weighted by atomic mass is 10.1. The fraction of sp³-hybridized carbons (Fsp3) is 0.133. The molecular formula is C15H13BrNO4+. The van der Waals surface area contributed by atoms with Gasteiger partial charge >= 0.3 is 5.97 Å². The van der Waals surface area contributed by atoms with Crippen LogP contribution in [0.1, 0.15) is 20.7 Å². The minimum Gasteiger partial charge on any atom is -0.497 e. The van der Waals surface area contributed by atoms with Crippen molar-refractivity contribution in [3.05, 3.63) is 58.3 Å². The SMILES string of the molecule is COc1cccc(C(=O)C[n+]2cc(Br)cc(C(=O)O)c2)c1. The molecule has 0 saturated carbocycles. The Morgan fingerprint density at radius 3 is 2.67 bits per heavy atom. The lowest BCUT2D eigenvalue weighted by Gasteiger charge is -2.03. The molecule has 0 aliphatic carbocycles. The van der Waals surface area contributed by atoms with Crippen molar-refractivity contribution in [3.63, 3.8) is 0 Å². The maximum Gasteiger partial charge on any atom is 0.341 e. The van der Waals surface area contributed by atoms with Gasteiger partial charge in [0.2, 0.25) is 12.3 Å². The maximum atomic E-state index is 12.2. The van der Waals surface area contributed by atoms with Crippen LogP contribution in [0.5, 0.6) is 5.75 Å². The van der Waals surface area contributed by atoms with Crippen molar-refractivity contribution in [2.24, 2.45) is 0 Å². The summed E-state index contributed by atoms with van der Waals surface area (Å²) in [5, 5.41) is 9.02. The second kappa shape index (κ2) is 6.49. The first-order valence-electron chi connectivity index (χ1n) is 6.10. The zero-order valence-corrected chi connectivity index (χ0v) is 12.8. The molecule has 1 aromatic carbocycles. The number of ether oxygens (including phenoxy) is 1. The molecule has 1 aromatic heterocycles. The molecule has 5 nitrogen and oxygen atoms in total. The fourth-order valence-corrected chi connectivity index (χ4v) is 2.37. The largest absolute Gasteiger partial charge is 0.497 e. The number of carbonyl (C=O) groups is 2. The van der Waals surface area contributed by atoms with Crippen LogP contribution < -0.4 is 9.30 Å². The van der Waals surface area contributed by atoms with Gasteiger partial charge in [0.25, 0.3) is 0 Å². The predicted octanol–water partition coefficient (Wildman–Crippen LogP) is 2.33. The second-order valence-electron chi connectivity index (χ2n) is 4.38. The Labute approximate surface area is 129 Å². The first kappa shape index (κ1) is 15.2. The molecule has 2 aromatic rings. The summed E-state index contributed by atoms with van der Waals surface area (Å²) < 4.78 is 7.22. The van der Waals surface area contributed by atoms with Crippen molar-refractivity contribution in [2.45, 2.75) is 6.54 Å². The van der Waals surface area contributed by atoms with E-state index in [1.807, 2.05) is 0 Å². The summed E-state index contributed by atoms with van der Waals surface area (Å²) in [5.74, 6) is -0.571. The Balaban J connectivity index is 2.24. The minimum atomic E-state index is -1.04. The standard InChI is InChI=1S/C15H12BrNO4/c1-21-13-4-2-3-10(6-13)14(18)9-17-7-11(15(19)20)5-12(16)8-17/h2-8H,9H2,1H3/p+1. The van der Waals surface area contributed by atoms with Crippen molar-refractivity contribution >= 4 is 27.7 Å². The van der Waals surface area contributed by atoms with Crippen LogP contribution in [0.3, 0.4) is 0 Å². The van der Waals surface area contributed by atoms with E-state index in [2.05, 4.69) is 15.9 Å². The number of nitrogens with zero attached hydrogens (tertiary/aromatic N) is 1. The Bertz CT molecular complexity index is 700. The summed E-state index contributed by atoms with van der Waals surface area (Å²) >= 11 is 3.23. The number of halogens is 1. The van der Waals surface area contributed by atoms with Crippen molar-refractivity contribution in [1.29, 1.82) is 0 Å². The van der Waals surface area contributed by atoms with Gasteiger partial charge in [-0.1, -0.05) is 12.1 Å². The van der Waals surface area contributed by atoms with Crippen molar-refractivity contribution < 1.29 is 24.0 Å². The summed E-state index contributed by atoms with van der Waals surface area (Å²) in [7, 11) is 1.53. The van der Waals surface area contributed by atoms with Crippen molar-refractivity contribution in [3.8, 4) is 5.75 Å². The number of rotatable bonds is 5. The first-order chi connectivity index (χ1) is 9.99. The van der Waals surface area contributed by atoms with Gasteiger partial charge in [0.1, 0.15) is 11.3 Å². The molecule has 0 amide bonds. The third-order valence-electron chi connectivity index (χ3n) is 2.85. The van der Waals surface area contributed by atoms with Crippen LogP contribution in [0, 0.1) is 0 Å². The van der Waals surface area contributed by atoms with Gasteiger partial charge in [0.05, 0.1) is 11.6 Å². The Morgan fingerprint density at radius 2 is 2.00 bits per heavy atom. The normalized spacial score (nSPS) is 10.2. The molecule has 1 N–H and O–H groups in total. The quantitative estimate of drug-likeness (QED) is 0.663. The fourth-order valence-electron chi connectivity index (χ4n) is 1.86. The van der Waals surface area contributed by atoms with Crippen LogP contribution in [-0.4, -0.2) is 24.0 Å². The predicted molar refractivity (Wildman–Crippen MR) is 78.6 cm³/mol. The monoisotopic (exact) mass is 350 g/mol. The molecule has 0 aliphatic heterocycles. The van der Waals surface area contributed by atoms with E-state index in [0.717, 1.165) is 0 Å². The molecule has 0 unspecified atom stereocenters.